The van der Waals surface area contributed by atoms with Gasteiger partial charge in [-0.25, -0.2) is 4.79 Å². The number of aromatic nitrogens is 2. The average molecular weight is 463 g/mol. The number of amides is 1. The highest BCUT2D eigenvalue weighted by molar-refractivity contribution is 7.15. The number of methoxy groups -OCH3 is 1. The van der Waals surface area contributed by atoms with Gasteiger partial charge in [-0.3, -0.25) is 0 Å². The maximum absolute atomic E-state index is 11.3. The highest BCUT2D eigenvalue weighted by Crippen LogP contribution is 2.36. The minimum Gasteiger partial charge on any atom is -0.497 e. The Kier molecular flexibility index (Phi) is 6.46. The van der Waals surface area contributed by atoms with Crippen molar-refractivity contribution in [2.45, 2.75) is 26.4 Å². The lowest BCUT2D eigenvalue weighted by atomic mass is 10.1. The first kappa shape index (κ1) is 22.5. The largest absolute Gasteiger partial charge is 0.497 e. The second-order valence-corrected chi connectivity index (χ2v) is 9.02. The number of fused-ring (bicyclic) bond motifs is 1. The van der Waals surface area contributed by atoms with E-state index in [9.17, 15) is 9.90 Å². The second-order valence-electron chi connectivity index (χ2n) is 7.91. The van der Waals surface area contributed by atoms with E-state index >= 15 is 0 Å². The van der Waals surface area contributed by atoms with Gasteiger partial charge in [0, 0.05) is 34.1 Å². The fourth-order valence-corrected chi connectivity index (χ4v) is 4.80. The van der Waals surface area contributed by atoms with Gasteiger partial charge in [0.1, 0.15) is 5.75 Å². The van der Waals surface area contributed by atoms with Crippen LogP contribution in [0.1, 0.15) is 29.1 Å². The van der Waals surface area contributed by atoms with E-state index in [1.807, 2.05) is 49.4 Å². The van der Waals surface area contributed by atoms with Crippen LogP contribution in [0.15, 0.2) is 54.6 Å². The third kappa shape index (κ3) is 4.75. The molecule has 0 aliphatic carbocycles. The van der Waals surface area contributed by atoms with Gasteiger partial charge < -0.3 is 20.1 Å². The normalized spacial score (nSPS) is 11.9. The zero-order chi connectivity index (χ0) is 23.5. The van der Waals surface area contributed by atoms with Crippen molar-refractivity contribution in [3.8, 4) is 16.2 Å². The molecule has 0 bridgehead atoms. The van der Waals surface area contributed by atoms with E-state index in [1.165, 1.54) is 4.90 Å². The fourth-order valence-electron chi connectivity index (χ4n) is 3.73. The third-order valence-electron chi connectivity index (χ3n) is 5.60. The van der Waals surface area contributed by atoms with Crippen LogP contribution >= 0.6 is 11.3 Å². The number of nitrogens with one attached hydrogen (secondary N) is 1. The topological polar surface area (TPSA) is 87.6 Å². The Morgan fingerprint density at radius 2 is 1.94 bits per heavy atom. The number of nitrogens with zero attached hydrogens (tertiary/aromatic N) is 3. The molecule has 0 fully saturated rings. The number of ether oxygens (including phenoxy) is 1. The number of hydrogen-bond donors (Lipinski definition) is 2. The molecule has 0 radical (unpaired) electrons. The number of thiophene rings is 1. The summed E-state index contributed by atoms with van der Waals surface area (Å²) in [6.07, 6.45) is -0.947. The molecule has 8 heteroatoms. The van der Waals surface area contributed by atoms with Crippen LogP contribution in [-0.4, -0.2) is 40.5 Å². The van der Waals surface area contributed by atoms with Gasteiger partial charge in [0.15, 0.2) is 5.82 Å². The predicted molar refractivity (Wildman–Crippen MR) is 132 cm³/mol. The number of rotatable bonds is 7. The fraction of sp³-hybridized carbons (Fsp3) is 0.240. The molecular weight excluding hydrogens is 436 g/mol. The molecule has 1 atom stereocenters. The average Bonchev–Trinajstić information content (AvgIpc) is 3.31. The van der Waals surface area contributed by atoms with E-state index in [1.54, 1.807) is 25.5 Å². The van der Waals surface area contributed by atoms with E-state index in [-0.39, 0.29) is 6.04 Å². The van der Waals surface area contributed by atoms with Gasteiger partial charge in [-0.1, -0.05) is 24.3 Å². The Morgan fingerprint density at radius 1 is 1.15 bits per heavy atom. The zero-order valence-electron chi connectivity index (χ0n) is 19.0. The lowest BCUT2D eigenvalue weighted by molar-refractivity contribution is 0.154. The summed E-state index contributed by atoms with van der Waals surface area (Å²) in [7, 11) is 3.23. The summed E-state index contributed by atoms with van der Waals surface area (Å²) < 4.78 is 5.40. The monoisotopic (exact) mass is 462 g/mol. The maximum atomic E-state index is 11.3. The van der Waals surface area contributed by atoms with E-state index in [2.05, 4.69) is 34.6 Å². The molecule has 0 aliphatic heterocycles. The number of anilines is 1. The van der Waals surface area contributed by atoms with Crippen LogP contribution in [0.3, 0.4) is 0 Å². The van der Waals surface area contributed by atoms with Crippen molar-refractivity contribution >= 4 is 34.0 Å². The van der Waals surface area contributed by atoms with Gasteiger partial charge in [0.25, 0.3) is 0 Å². The molecule has 170 valence electrons. The highest BCUT2D eigenvalue weighted by Gasteiger charge is 2.16. The number of hydrogen-bond acceptors (Lipinski definition) is 6. The molecule has 0 saturated heterocycles. The van der Waals surface area contributed by atoms with Crippen molar-refractivity contribution < 1.29 is 14.6 Å². The lowest BCUT2D eigenvalue weighted by Gasteiger charge is -2.16. The molecule has 2 aromatic carbocycles. The number of carbonyl (C=O) groups is 1. The summed E-state index contributed by atoms with van der Waals surface area (Å²) in [4.78, 5) is 14.8. The molecule has 2 N–H and O–H groups in total. The standard InChI is InChI=1S/C25H26N4O3S/c1-15-19-10-9-18(32-4)13-21(19)24(28-27-15)26-16(2)22-11-12-23(33-22)20-8-6-5-7-17(20)14-29(3)25(30)31/h5-13,16H,14H2,1-4H3,(H,26,28)(H,30,31). The molecule has 7 nitrogen and oxygen atoms in total. The molecule has 1 amide bonds. The van der Waals surface area contributed by atoms with Gasteiger partial charge in [0.05, 0.1) is 18.8 Å². The maximum Gasteiger partial charge on any atom is 0.407 e. The first-order chi connectivity index (χ1) is 15.9. The van der Waals surface area contributed by atoms with Crippen LogP contribution in [0.25, 0.3) is 21.2 Å². The molecule has 0 saturated carbocycles. The first-order valence-electron chi connectivity index (χ1n) is 10.6. The molecule has 2 heterocycles. The van der Waals surface area contributed by atoms with Crippen LogP contribution in [0.4, 0.5) is 10.6 Å². The van der Waals surface area contributed by atoms with Crippen LogP contribution in [0.5, 0.6) is 5.75 Å². The molecule has 4 rings (SSSR count). The smallest absolute Gasteiger partial charge is 0.407 e. The predicted octanol–water partition coefficient (Wildman–Crippen LogP) is 5.96. The van der Waals surface area contributed by atoms with Gasteiger partial charge in [-0.15, -0.1) is 16.4 Å². The van der Waals surface area contributed by atoms with E-state index in [4.69, 9.17) is 4.74 Å². The molecular formula is C25H26N4O3S. The van der Waals surface area contributed by atoms with Gasteiger partial charge in [-0.05, 0) is 55.3 Å². The lowest BCUT2D eigenvalue weighted by Crippen LogP contribution is -2.24. The summed E-state index contributed by atoms with van der Waals surface area (Å²) in [5, 5.41) is 23.5. The van der Waals surface area contributed by atoms with Gasteiger partial charge in [-0.2, -0.15) is 5.10 Å². The minimum atomic E-state index is -0.947. The van der Waals surface area contributed by atoms with Crippen molar-refractivity contribution in [2.75, 3.05) is 19.5 Å². The van der Waals surface area contributed by atoms with E-state index in [0.29, 0.717) is 12.4 Å². The van der Waals surface area contributed by atoms with E-state index in [0.717, 1.165) is 43.1 Å². The second kappa shape index (κ2) is 9.46. The Balaban J connectivity index is 1.61. The van der Waals surface area contributed by atoms with Crippen molar-refractivity contribution in [1.82, 2.24) is 15.1 Å². The minimum absolute atomic E-state index is 0.00372. The Labute approximate surface area is 196 Å². The Morgan fingerprint density at radius 3 is 2.70 bits per heavy atom. The third-order valence-corrected chi connectivity index (χ3v) is 6.90. The van der Waals surface area contributed by atoms with Crippen molar-refractivity contribution in [1.29, 1.82) is 0 Å². The SMILES string of the molecule is COc1ccc2c(C)nnc(NC(C)c3ccc(-c4ccccc4CN(C)C(=O)O)s3)c2c1. The van der Waals surface area contributed by atoms with Crippen molar-refractivity contribution in [3.63, 3.8) is 0 Å². The molecule has 33 heavy (non-hydrogen) atoms. The summed E-state index contributed by atoms with van der Waals surface area (Å²) in [6.45, 7) is 4.37. The quantitative estimate of drug-likeness (QED) is 0.352. The van der Waals surface area contributed by atoms with E-state index < -0.39 is 6.09 Å². The summed E-state index contributed by atoms with van der Waals surface area (Å²) in [6, 6.07) is 18.0. The Bertz CT molecular complexity index is 1300. The zero-order valence-corrected chi connectivity index (χ0v) is 19.8. The van der Waals surface area contributed by atoms with Crippen LogP contribution in [-0.2, 0) is 6.54 Å². The highest BCUT2D eigenvalue weighted by atomic mass is 32.1. The van der Waals surface area contributed by atoms with Crippen molar-refractivity contribution in [3.05, 3.63) is 70.7 Å². The van der Waals surface area contributed by atoms with Crippen LogP contribution < -0.4 is 10.1 Å². The molecule has 0 spiro atoms. The first-order valence-corrected chi connectivity index (χ1v) is 11.4. The van der Waals surface area contributed by atoms with Gasteiger partial charge in [0.2, 0.25) is 0 Å². The van der Waals surface area contributed by atoms with Gasteiger partial charge >= 0.3 is 6.09 Å². The number of benzene rings is 2. The number of aryl methyl sites for hydroxylation is 1. The summed E-state index contributed by atoms with van der Waals surface area (Å²) in [5.41, 5.74) is 2.88. The van der Waals surface area contributed by atoms with Crippen LogP contribution in [0.2, 0.25) is 0 Å². The molecule has 0 aliphatic rings. The molecule has 4 aromatic rings. The van der Waals surface area contributed by atoms with Crippen LogP contribution in [0, 0.1) is 6.92 Å². The Hall–Kier alpha value is -3.65. The number of carboxylic acid groups (broad SMARTS) is 1. The summed E-state index contributed by atoms with van der Waals surface area (Å²) in [5.74, 6) is 1.48. The molecule has 2 aromatic heterocycles. The summed E-state index contributed by atoms with van der Waals surface area (Å²) >= 11 is 1.68. The molecule has 1 unspecified atom stereocenters. The van der Waals surface area contributed by atoms with Crippen molar-refractivity contribution in [2.24, 2.45) is 0 Å².